The molecule has 1 N–H and O–H groups in total. The van der Waals surface area contributed by atoms with Crippen LogP contribution in [-0.2, 0) is 11.3 Å². The predicted molar refractivity (Wildman–Crippen MR) is 121 cm³/mol. The van der Waals surface area contributed by atoms with E-state index in [-0.39, 0.29) is 11.9 Å². The number of carbonyl (C=O) groups excluding carboxylic acids is 1. The maximum atomic E-state index is 13.0. The highest BCUT2D eigenvalue weighted by Crippen LogP contribution is 2.31. The lowest BCUT2D eigenvalue weighted by atomic mass is 10.0. The zero-order valence-corrected chi connectivity index (χ0v) is 18.8. The third-order valence-corrected chi connectivity index (χ3v) is 6.30. The van der Waals surface area contributed by atoms with Gasteiger partial charge in [0.05, 0.1) is 14.2 Å². The molecule has 1 aliphatic carbocycles. The number of aryl methyl sites for hydroxylation is 1. The van der Waals surface area contributed by atoms with Crippen molar-refractivity contribution in [1.29, 1.82) is 0 Å². The quantitative estimate of drug-likeness (QED) is 0.707. The van der Waals surface area contributed by atoms with E-state index in [1.54, 1.807) is 14.2 Å². The number of amides is 1. The molecule has 1 saturated heterocycles. The summed E-state index contributed by atoms with van der Waals surface area (Å²) in [5, 5.41) is 3.21. The van der Waals surface area contributed by atoms with Crippen molar-refractivity contribution >= 4 is 5.91 Å². The molecule has 2 fully saturated rings. The Labute approximate surface area is 185 Å². The second-order valence-corrected chi connectivity index (χ2v) is 8.54. The third-order valence-electron chi connectivity index (χ3n) is 6.30. The first-order chi connectivity index (χ1) is 15.1. The van der Waals surface area contributed by atoms with Gasteiger partial charge in [0, 0.05) is 38.8 Å². The smallest absolute Gasteiger partial charge is 0.242 e. The summed E-state index contributed by atoms with van der Waals surface area (Å²) in [6, 6.07) is 14.4. The van der Waals surface area contributed by atoms with Gasteiger partial charge < -0.3 is 14.8 Å². The van der Waals surface area contributed by atoms with Crippen LogP contribution < -0.4 is 14.8 Å². The Morgan fingerprint density at radius 3 is 2.29 bits per heavy atom. The molecule has 6 heteroatoms. The molecule has 1 heterocycles. The van der Waals surface area contributed by atoms with E-state index in [1.807, 2.05) is 24.3 Å². The van der Waals surface area contributed by atoms with Crippen molar-refractivity contribution in [3.63, 3.8) is 0 Å². The van der Waals surface area contributed by atoms with Gasteiger partial charge in [0.2, 0.25) is 5.91 Å². The molecule has 0 radical (unpaired) electrons. The van der Waals surface area contributed by atoms with Gasteiger partial charge in [-0.1, -0.05) is 30.3 Å². The van der Waals surface area contributed by atoms with Crippen molar-refractivity contribution < 1.29 is 14.3 Å². The molecule has 1 atom stereocenters. The molecular formula is C25H33N3O3. The van der Waals surface area contributed by atoms with E-state index >= 15 is 0 Å². The van der Waals surface area contributed by atoms with Crippen molar-refractivity contribution in [1.82, 2.24) is 15.1 Å². The number of benzene rings is 2. The molecule has 0 unspecified atom stereocenters. The second kappa shape index (κ2) is 9.71. The average molecular weight is 424 g/mol. The van der Waals surface area contributed by atoms with Gasteiger partial charge in [-0.2, -0.15) is 0 Å². The minimum atomic E-state index is -0.216. The lowest BCUT2D eigenvalue weighted by molar-refractivity contribution is -0.127. The predicted octanol–water partition coefficient (Wildman–Crippen LogP) is 3.15. The molecule has 1 saturated carbocycles. The molecular weight excluding hydrogens is 390 g/mol. The number of rotatable bonds is 8. The molecule has 4 rings (SSSR count). The monoisotopic (exact) mass is 423 g/mol. The van der Waals surface area contributed by atoms with E-state index in [4.69, 9.17) is 9.47 Å². The number of hydrogen-bond acceptors (Lipinski definition) is 5. The number of hydrogen-bond donors (Lipinski definition) is 1. The van der Waals surface area contributed by atoms with Crippen LogP contribution in [0.3, 0.4) is 0 Å². The summed E-state index contributed by atoms with van der Waals surface area (Å²) in [4.78, 5) is 17.8. The van der Waals surface area contributed by atoms with Gasteiger partial charge in [0.25, 0.3) is 0 Å². The molecule has 1 amide bonds. The Bertz CT molecular complexity index is 890. The van der Waals surface area contributed by atoms with Crippen LogP contribution in [0.15, 0.2) is 42.5 Å². The minimum absolute atomic E-state index is 0.137. The zero-order valence-electron chi connectivity index (χ0n) is 18.8. The van der Waals surface area contributed by atoms with E-state index < -0.39 is 0 Å². The second-order valence-electron chi connectivity index (χ2n) is 8.54. The summed E-state index contributed by atoms with van der Waals surface area (Å²) < 4.78 is 10.9. The van der Waals surface area contributed by atoms with Crippen molar-refractivity contribution in [3.05, 3.63) is 59.2 Å². The fourth-order valence-electron chi connectivity index (χ4n) is 4.28. The molecule has 0 bridgehead atoms. The van der Waals surface area contributed by atoms with Gasteiger partial charge >= 0.3 is 0 Å². The van der Waals surface area contributed by atoms with Crippen LogP contribution in [0, 0.1) is 6.92 Å². The molecule has 6 nitrogen and oxygen atoms in total. The zero-order chi connectivity index (χ0) is 21.8. The van der Waals surface area contributed by atoms with E-state index in [2.05, 4.69) is 40.2 Å². The van der Waals surface area contributed by atoms with Gasteiger partial charge in [-0.05, 0) is 48.6 Å². The van der Waals surface area contributed by atoms with Crippen LogP contribution in [0.25, 0.3) is 0 Å². The fourth-order valence-corrected chi connectivity index (χ4v) is 4.28. The van der Waals surface area contributed by atoms with Crippen LogP contribution >= 0.6 is 0 Å². The van der Waals surface area contributed by atoms with Crippen LogP contribution in [-0.4, -0.2) is 62.1 Å². The summed E-state index contributed by atoms with van der Waals surface area (Å²) >= 11 is 0. The van der Waals surface area contributed by atoms with Gasteiger partial charge in [0.15, 0.2) is 11.5 Å². The highest BCUT2D eigenvalue weighted by atomic mass is 16.5. The summed E-state index contributed by atoms with van der Waals surface area (Å²) in [7, 11) is 3.34. The Kier molecular flexibility index (Phi) is 6.78. The number of methoxy groups -OCH3 is 2. The first kappa shape index (κ1) is 21.7. The van der Waals surface area contributed by atoms with Crippen molar-refractivity contribution in [3.8, 4) is 11.5 Å². The summed E-state index contributed by atoms with van der Waals surface area (Å²) in [5.41, 5.74) is 3.52. The van der Waals surface area contributed by atoms with Gasteiger partial charge in [-0.15, -0.1) is 0 Å². The fraction of sp³-hybridized carbons (Fsp3) is 0.480. The van der Waals surface area contributed by atoms with E-state index in [0.29, 0.717) is 6.04 Å². The Morgan fingerprint density at radius 1 is 1.03 bits per heavy atom. The van der Waals surface area contributed by atoms with Crippen molar-refractivity contribution in [2.75, 3.05) is 40.4 Å². The lowest BCUT2D eigenvalue weighted by Gasteiger charge is -2.39. The molecule has 2 aromatic rings. The number of carbonyl (C=O) groups is 1. The Morgan fingerprint density at radius 2 is 1.68 bits per heavy atom. The first-order valence-electron chi connectivity index (χ1n) is 11.1. The summed E-state index contributed by atoms with van der Waals surface area (Å²) in [5.74, 6) is 1.67. The van der Waals surface area contributed by atoms with Crippen molar-refractivity contribution in [2.45, 2.75) is 38.4 Å². The molecule has 0 aromatic heterocycles. The average Bonchev–Trinajstić information content (AvgIpc) is 3.61. The molecule has 2 aromatic carbocycles. The Hall–Kier alpha value is -2.57. The number of piperazine rings is 1. The van der Waals surface area contributed by atoms with Crippen LogP contribution in [0.4, 0.5) is 0 Å². The normalized spacial score (nSPS) is 18.4. The van der Waals surface area contributed by atoms with Crippen LogP contribution in [0.2, 0.25) is 0 Å². The third kappa shape index (κ3) is 5.20. The Balaban J connectivity index is 1.42. The van der Waals surface area contributed by atoms with E-state index in [9.17, 15) is 4.79 Å². The summed E-state index contributed by atoms with van der Waals surface area (Å²) in [6.07, 6.45) is 2.21. The molecule has 31 heavy (non-hydrogen) atoms. The summed E-state index contributed by atoms with van der Waals surface area (Å²) in [6.45, 7) is 6.56. The highest BCUT2D eigenvalue weighted by molar-refractivity contribution is 5.83. The standard InChI is InChI=1S/C25H33N3O3/c1-18-15-22(30-2)23(31-3)16-20(18)17-27-11-13-28(14-12-27)24(19-7-5-4-6-8-19)25(29)26-21-9-10-21/h4-8,15-16,21,24H,9-14,17H2,1-3H3,(H,26,29)/t24-/m0/s1. The topological polar surface area (TPSA) is 54.0 Å². The SMILES string of the molecule is COc1cc(C)c(CN2CCN([C@H](C(=O)NC3CC3)c3ccccc3)CC2)cc1OC. The molecule has 0 spiro atoms. The molecule has 1 aliphatic heterocycles. The maximum absolute atomic E-state index is 13.0. The first-order valence-corrected chi connectivity index (χ1v) is 11.1. The van der Waals surface area contributed by atoms with E-state index in [1.165, 1.54) is 11.1 Å². The largest absolute Gasteiger partial charge is 0.493 e. The lowest BCUT2D eigenvalue weighted by Crippen LogP contribution is -2.51. The van der Waals surface area contributed by atoms with Gasteiger partial charge in [0.1, 0.15) is 6.04 Å². The van der Waals surface area contributed by atoms with Crippen molar-refractivity contribution in [2.24, 2.45) is 0 Å². The highest BCUT2D eigenvalue weighted by Gasteiger charge is 2.33. The van der Waals surface area contributed by atoms with Gasteiger partial charge in [-0.3, -0.25) is 14.6 Å². The molecule has 2 aliphatic rings. The number of nitrogens with one attached hydrogen (secondary N) is 1. The number of ether oxygens (including phenoxy) is 2. The van der Waals surface area contributed by atoms with E-state index in [0.717, 1.165) is 62.6 Å². The van der Waals surface area contributed by atoms with Gasteiger partial charge in [-0.25, -0.2) is 0 Å². The maximum Gasteiger partial charge on any atom is 0.242 e. The van der Waals surface area contributed by atoms with Crippen LogP contribution in [0.5, 0.6) is 11.5 Å². The minimum Gasteiger partial charge on any atom is -0.493 e. The van der Waals surface area contributed by atoms with Crippen LogP contribution in [0.1, 0.15) is 35.6 Å². The number of nitrogens with zero attached hydrogens (tertiary/aromatic N) is 2. The molecule has 166 valence electrons.